The Hall–Kier alpha value is -1.45. The Balaban J connectivity index is 2.49. The highest BCUT2D eigenvalue weighted by molar-refractivity contribution is 5.74. The van der Waals surface area contributed by atoms with Gasteiger partial charge in [-0.3, -0.25) is 0 Å². The SMILES string of the molecule is CCN(C)C(=O)NC(C)c1ccco1. The van der Waals surface area contributed by atoms with Gasteiger partial charge in [-0.1, -0.05) is 0 Å². The number of furan rings is 1. The fourth-order valence-corrected chi connectivity index (χ4v) is 1.05. The summed E-state index contributed by atoms with van der Waals surface area (Å²) in [5.41, 5.74) is 0. The molecule has 1 N–H and O–H groups in total. The number of nitrogens with zero attached hydrogens (tertiary/aromatic N) is 1. The van der Waals surface area contributed by atoms with E-state index in [1.165, 1.54) is 0 Å². The molecular formula is C10H16N2O2. The van der Waals surface area contributed by atoms with E-state index in [4.69, 9.17) is 4.42 Å². The standard InChI is InChI=1S/C10H16N2O2/c1-4-12(3)10(13)11-8(2)9-6-5-7-14-9/h5-8H,4H2,1-3H3,(H,11,13). The second-order valence-corrected chi connectivity index (χ2v) is 3.20. The van der Waals surface area contributed by atoms with Crippen molar-refractivity contribution in [2.45, 2.75) is 19.9 Å². The van der Waals surface area contributed by atoms with Crippen LogP contribution in [-0.4, -0.2) is 24.5 Å². The molecule has 0 aliphatic rings. The molecule has 1 heterocycles. The van der Waals surface area contributed by atoms with E-state index >= 15 is 0 Å². The van der Waals surface area contributed by atoms with E-state index < -0.39 is 0 Å². The van der Waals surface area contributed by atoms with Crippen molar-refractivity contribution in [2.75, 3.05) is 13.6 Å². The van der Waals surface area contributed by atoms with Gasteiger partial charge in [0.05, 0.1) is 12.3 Å². The van der Waals surface area contributed by atoms with Crippen LogP contribution in [0.4, 0.5) is 4.79 Å². The largest absolute Gasteiger partial charge is 0.467 e. The summed E-state index contributed by atoms with van der Waals surface area (Å²) in [5, 5.41) is 2.83. The molecule has 0 saturated heterocycles. The molecular weight excluding hydrogens is 180 g/mol. The van der Waals surface area contributed by atoms with Gasteiger partial charge in [-0.15, -0.1) is 0 Å². The van der Waals surface area contributed by atoms with Gasteiger partial charge >= 0.3 is 6.03 Å². The predicted molar refractivity (Wildman–Crippen MR) is 54.0 cm³/mol. The Kier molecular flexibility index (Phi) is 3.56. The highest BCUT2D eigenvalue weighted by Crippen LogP contribution is 2.12. The van der Waals surface area contributed by atoms with Crippen LogP contribution in [0.1, 0.15) is 25.6 Å². The van der Waals surface area contributed by atoms with Crippen LogP contribution in [0, 0.1) is 0 Å². The summed E-state index contributed by atoms with van der Waals surface area (Å²) in [5.74, 6) is 0.767. The number of carbonyl (C=O) groups is 1. The van der Waals surface area contributed by atoms with Gasteiger partial charge in [-0.2, -0.15) is 0 Å². The molecule has 0 aromatic carbocycles. The van der Waals surface area contributed by atoms with Gasteiger partial charge in [0.1, 0.15) is 5.76 Å². The molecule has 1 unspecified atom stereocenters. The monoisotopic (exact) mass is 196 g/mol. The van der Waals surface area contributed by atoms with Crippen molar-refractivity contribution in [1.82, 2.24) is 10.2 Å². The maximum atomic E-state index is 11.5. The number of carbonyl (C=O) groups excluding carboxylic acids is 1. The molecule has 2 amide bonds. The van der Waals surface area contributed by atoms with Gasteiger partial charge in [0, 0.05) is 13.6 Å². The number of urea groups is 1. The van der Waals surface area contributed by atoms with Gasteiger partial charge in [-0.05, 0) is 26.0 Å². The second-order valence-electron chi connectivity index (χ2n) is 3.20. The topological polar surface area (TPSA) is 45.5 Å². The molecule has 0 fully saturated rings. The lowest BCUT2D eigenvalue weighted by atomic mass is 10.2. The Morgan fingerprint density at radius 3 is 2.93 bits per heavy atom. The molecule has 0 bridgehead atoms. The minimum Gasteiger partial charge on any atom is -0.467 e. The first-order valence-corrected chi connectivity index (χ1v) is 4.70. The zero-order valence-electron chi connectivity index (χ0n) is 8.78. The molecule has 1 aromatic rings. The zero-order valence-corrected chi connectivity index (χ0v) is 8.78. The third-order valence-corrected chi connectivity index (χ3v) is 2.13. The Bertz CT molecular complexity index is 282. The van der Waals surface area contributed by atoms with Crippen LogP contribution in [0.15, 0.2) is 22.8 Å². The lowest BCUT2D eigenvalue weighted by molar-refractivity contribution is 0.206. The summed E-state index contributed by atoms with van der Waals surface area (Å²) < 4.78 is 5.18. The number of nitrogens with one attached hydrogen (secondary N) is 1. The summed E-state index contributed by atoms with van der Waals surface area (Å²) in [6.45, 7) is 4.51. The van der Waals surface area contributed by atoms with Gasteiger partial charge in [0.2, 0.25) is 0 Å². The first-order chi connectivity index (χ1) is 6.65. The third-order valence-electron chi connectivity index (χ3n) is 2.13. The van der Waals surface area contributed by atoms with Crippen molar-refractivity contribution in [3.8, 4) is 0 Å². The number of rotatable bonds is 3. The van der Waals surface area contributed by atoms with Crippen molar-refractivity contribution >= 4 is 6.03 Å². The van der Waals surface area contributed by atoms with Crippen molar-refractivity contribution in [3.05, 3.63) is 24.2 Å². The van der Waals surface area contributed by atoms with Crippen LogP contribution in [-0.2, 0) is 0 Å². The molecule has 0 radical (unpaired) electrons. The number of amides is 2. The number of hydrogen-bond acceptors (Lipinski definition) is 2. The molecule has 1 aromatic heterocycles. The fourth-order valence-electron chi connectivity index (χ4n) is 1.05. The molecule has 0 aliphatic heterocycles. The van der Waals surface area contributed by atoms with E-state index in [-0.39, 0.29) is 12.1 Å². The van der Waals surface area contributed by atoms with Crippen LogP contribution in [0.3, 0.4) is 0 Å². The van der Waals surface area contributed by atoms with Crippen molar-refractivity contribution in [1.29, 1.82) is 0 Å². The van der Waals surface area contributed by atoms with Crippen LogP contribution >= 0.6 is 0 Å². The van der Waals surface area contributed by atoms with E-state index in [9.17, 15) is 4.79 Å². The smallest absolute Gasteiger partial charge is 0.317 e. The Morgan fingerprint density at radius 2 is 2.43 bits per heavy atom. The van der Waals surface area contributed by atoms with Gasteiger partial charge in [-0.25, -0.2) is 4.79 Å². The Labute approximate surface area is 83.9 Å². The quantitative estimate of drug-likeness (QED) is 0.803. The normalized spacial score (nSPS) is 12.2. The highest BCUT2D eigenvalue weighted by Gasteiger charge is 2.13. The van der Waals surface area contributed by atoms with Crippen molar-refractivity contribution in [3.63, 3.8) is 0 Å². The van der Waals surface area contributed by atoms with E-state index in [0.29, 0.717) is 6.54 Å². The first kappa shape index (κ1) is 10.6. The molecule has 4 heteroatoms. The average Bonchev–Trinajstić information content (AvgIpc) is 2.69. The maximum absolute atomic E-state index is 11.5. The minimum absolute atomic E-state index is 0.0867. The van der Waals surface area contributed by atoms with E-state index in [1.54, 1.807) is 18.2 Å². The van der Waals surface area contributed by atoms with Crippen LogP contribution in [0.25, 0.3) is 0 Å². The lowest BCUT2D eigenvalue weighted by Crippen LogP contribution is -2.38. The average molecular weight is 196 g/mol. The highest BCUT2D eigenvalue weighted by atomic mass is 16.3. The Morgan fingerprint density at radius 1 is 1.71 bits per heavy atom. The molecule has 1 atom stereocenters. The summed E-state index contributed by atoms with van der Waals surface area (Å²) >= 11 is 0. The van der Waals surface area contributed by atoms with E-state index in [1.807, 2.05) is 26.0 Å². The van der Waals surface area contributed by atoms with Crippen LogP contribution in [0.2, 0.25) is 0 Å². The maximum Gasteiger partial charge on any atom is 0.317 e. The van der Waals surface area contributed by atoms with Gasteiger partial charge in [0.15, 0.2) is 0 Å². The van der Waals surface area contributed by atoms with Gasteiger partial charge in [0.25, 0.3) is 0 Å². The molecule has 14 heavy (non-hydrogen) atoms. The molecule has 4 nitrogen and oxygen atoms in total. The summed E-state index contributed by atoms with van der Waals surface area (Å²) in [7, 11) is 1.75. The minimum atomic E-state index is -0.0912. The third kappa shape index (κ3) is 2.52. The van der Waals surface area contributed by atoms with Crippen molar-refractivity contribution < 1.29 is 9.21 Å². The second kappa shape index (κ2) is 4.69. The molecule has 1 rings (SSSR count). The van der Waals surface area contributed by atoms with E-state index in [0.717, 1.165) is 5.76 Å². The van der Waals surface area contributed by atoms with Gasteiger partial charge < -0.3 is 14.6 Å². The van der Waals surface area contributed by atoms with E-state index in [2.05, 4.69) is 5.32 Å². The molecule has 0 spiro atoms. The summed E-state index contributed by atoms with van der Waals surface area (Å²) in [4.78, 5) is 13.1. The van der Waals surface area contributed by atoms with Crippen LogP contribution in [0.5, 0.6) is 0 Å². The predicted octanol–water partition coefficient (Wildman–Crippen LogP) is 2.00. The fraction of sp³-hybridized carbons (Fsp3) is 0.500. The first-order valence-electron chi connectivity index (χ1n) is 4.70. The lowest BCUT2D eigenvalue weighted by Gasteiger charge is -2.18. The molecule has 0 aliphatic carbocycles. The summed E-state index contributed by atoms with van der Waals surface area (Å²) in [6, 6.07) is 3.47. The zero-order chi connectivity index (χ0) is 10.6. The number of hydrogen-bond donors (Lipinski definition) is 1. The molecule has 78 valence electrons. The molecule has 0 saturated carbocycles. The van der Waals surface area contributed by atoms with Crippen molar-refractivity contribution in [2.24, 2.45) is 0 Å². The summed E-state index contributed by atoms with van der Waals surface area (Å²) in [6.07, 6.45) is 1.60. The van der Waals surface area contributed by atoms with Crippen LogP contribution < -0.4 is 5.32 Å².